The van der Waals surface area contributed by atoms with E-state index in [1.165, 1.54) is 30.2 Å². The third-order valence-electron chi connectivity index (χ3n) is 3.39. The molecule has 1 aromatic carbocycles. The standard InChI is InChI=1S/C15H14BrF3N2O4S/c1-25-14(24)9-7-21(4-5-22)13(23)12(9)20-11-3-2-8(6-10(11)16)26-15(17,18)19/h2-3,6,20,22H,4-5,7H2,1H3. The lowest BCUT2D eigenvalue weighted by Gasteiger charge is -2.15. The minimum absolute atomic E-state index is 0.0308. The second-order valence-corrected chi connectivity index (χ2v) is 7.10. The number of thioether (sulfide) groups is 1. The van der Waals surface area contributed by atoms with E-state index in [0.29, 0.717) is 5.69 Å². The minimum atomic E-state index is -4.42. The summed E-state index contributed by atoms with van der Waals surface area (Å²) in [4.78, 5) is 25.5. The fraction of sp³-hybridized carbons (Fsp3) is 0.333. The Kier molecular flexibility index (Phi) is 6.58. The molecule has 0 unspecified atom stereocenters. The number of carbonyl (C=O) groups excluding carboxylic acids is 2. The summed E-state index contributed by atoms with van der Waals surface area (Å²) in [5, 5.41) is 11.8. The summed E-state index contributed by atoms with van der Waals surface area (Å²) in [5.74, 6) is -1.22. The highest BCUT2D eigenvalue weighted by Crippen LogP contribution is 2.39. The first kappa shape index (κ1) is 20.6. The lowest BCUT2D eigenvalue weighted by molar-refractivity contribution is -0.136. The molecule has 0 aliphatic carbocycles. The number of amides is 1. The first-order valence-electron chi connectivity index (χ1n) is 7.20. The lowest BCUT2D eigenvalue weighted by atomic mass is 10.2. The van der Waals surface area contributed by atoms with E-state index in [4.69, 9.17) is 5.11 Å². The van der Waals surface area contributed by atoms with Crippen LogP contribution in [0.15, 0.2) is 38.8 Å². The zero-order valence-electron chi connectivity index (χ0n) is 13.4. The molecule has 1 aromatic rings. The fourth-order valence-electron chi connectivity index (χ4n) is 2.28. The number of β-amino-alcohol motifs (C(OH)–C–C–N with tert-alkyl or cyclic N) is 1. The van der Waals surface area contributed by atoms with E-state index in [1.807, 2.05) is 0 Å². The molecule has 11 heteroatoms. The molecule has 0 saturated heterocycles. The number of carbonyl (C=O) groups is 2. The molecule has 0 bridgehead atoms. The number of esters is 1. The van der Waals surface area contributed by atoms with E-state index >= 15 is 0 Å². The number of halogens is 4. The first-order valence-corrected chi connectivity index (χ1v) is 8.81. The predicted octanol–water partition coefficient (Wildman–Crippen LogP) is 2.73. The Bertz CT molecular complexity index is 755. The lowest BCUT2D eigenvalue weighted by Crippen LogP contribution is -2.31. The second-order valence-electron chi connectivity index (χ2n) is 5.11. The maximum absolute atomic E-state index is 12.4. The van der Waals surface area contributed by atoms with Gasteiger partial charge in [-0.05, 0) is 45.9 Å². The summed E-state index contributed by atoms with van der Waals surface area (Å²) >= 11 is 2.89. The molecule has 0 atom stereocenters. The molecular formula is C15H14BrF3N2O4S. The number of hydrogen-bond donors (Lipinski definition) is 2. The Hall–Kier alpha value is -1.72. The summed E-state index contributed by atoms with van der Waals surface area (Å²) in [6.45, 7) is -0.276. The van der Waals surface area contributed by atoms with Gasteiger partial charge in [0.2, 0.25) is 0 Å². The van der Waals surface area contributed by atoms with Crippen LogP contribution in [0.25, 0.3) is 0 Å². The van der Waals surface area contributed by atoms with E-state index in [9.17, 15) is 22.8 Å². The average Bonchev–Trinajstić information content (AvgIpc) is 2.85. The molecule has 26 heavy (non-hydrogen) atoms. The summed E-state index contributed by atoms with van der Waals surface area (Å²) in [6, 6.07) is 3.86. The van der Waals surface area contributed by atoms with Crippen LogP contribution in [0.1, 0.15) is 0 Å². The summed E-state index contributed by atoms with van der Waals surface area (Å²) in [6.07, 6.45) is 0. The largest absolute Gasteiger partial charge is 0.466 e. The number of ether oxygens (including phenoxy) is 1. The predicted molar refractivity (Wildman–Crippen MR) is 92.4 cm³/mol. The molecule has 6 nitrogen and oxygen atoms in total. The summed E-state index contributed by atoms with van der Waals surface area (Å²) in [7, 11) is 1.17. The third kappa shape index (κ3) is 4.92. The number of aliphatic hydroxyl groups excluding tert-OH is 1. The Morgan fingerprint density at radius 3 is 2.69 bits per heavy atom. The quantitative estimate of drug-likeness (QED) is 0.508. The number of rotatable bonds is 6. The molecule has 2 N–H and O–H groups in total. The van der Waals surface area contributed by atoms with E-state index in [1.54, 1.807) is 0 Å². The Balaban J connectivity index is 2.29. The van der Waals surface area contributed by atoms with E-state index < -0.39 is 17.4 Å². The monoisotopic (exact) mass is 454 g/mol. The number of methoxy groups -OCH3 is 1. The van der Waals surface area contributed by atoms with Crippen molar-refractivity contribution < 1.29 is 32.6 Å². The molecular weight excluding hydrogens is 441 g/mol. The van der Waals surface area contributed by atoms with Crippen molar-refractivity contribution in [2.75, 3.05) is 32.1 Å². The molecule has 0 aromatic heterocycles. The van der Waals surface area contributed by atoms with Gasteiger partial charge in [-0.2, -0.15) is 13.2 Å². The van der Waals surface area contributed by atoms with Crippen LogP contribution < -0.4 is 5.32 Å². The third-order valence-corrected chi connectivity index (χ3v) is 4.76. The molecule has 0 saturated carbocycles. The molecule has 0 fully saturated rings. The first-order chi connectivity index (χ1) is 12.2. The van der Waals surface area contributed by atoms with Gasteiger partial charge in [-0.15, -0.1) is 0 Å². The van der Waals surface area contributed by atoms with Gasteiger partial charge in [-0.3, -0.25) is 4.79 Å². The molecule has 1 aliphatic heterocycles. The number of nitrogens with one attached hydrogen (secondary N) is 1. The number of benzene rings is 1. The number of anilines is 1. The highest BCUT2D eigenvalue weighted by atomic mass is 79.9. The van der Waals surface area contributed by atoms with Crippen LogP contribution in [0.2, 0.25) is 0 Å². The highest BCUT2D eigenvalue weighted by Gasteiger charge is 2.35. The maximum Gasteiger partial charge on any atom is 0.446 e. The highest BCUT2D eigenvalue weighted by molar-refractivity contribution is 9.10. The van der Waals surface area contributed by atoms with Crippen LogP contribution in [0.3, 0.4) is 0 Å². The van der Waals surface area contributed by atoms with Gasteiger partial charge in [0, 0.05) is 15.9 Å². The maximum atomic E-state index is 12.4. The van der Waals surface area contributed by atoms with E-state index in [0.717, 1.165) is 0 Å². The zero-order valence-corrected chi connectivity index (χ0v) is 15.8. The van der Waals surface area contributed by atoms with E-state index in [-0.39, 0.29) is 52.1 Å². The second kappa shape index (κ2) is 8.31. The molecule has 2 rings (SSSR count). The van der Waals surface area contributed by atoms with Crippen LogP contribution in [0, 0.1) is 0 Å². The van der Waals surface area contributed by atoms with Crippen LogP contribution in [-0.2, 0) is 14.3 Å². The molecule has 1 amide bonds. The van der Waals surface area contributed by atoms with Gasteiger partial charge in [-0.25, -0.2) is 4.79 Å². The van der Waals surface area contributed by atoms with Gasteiger partial charge < -0.3 is 20.1 Å². The van der Waals surface area contributed by atoms with Crippen LogP contribution in [0.4, 0.5) is 18.9 Å². The van der Waals surface area contributed by atoms with Crippen molar-refractivity contribution in [1.29, 1.82) is 0 Å². The van der Waals surface area contributed by atoms with Crippen molar-refractivity contribution in [3.63, 3.8) is 0 Å². The normalized spacial score (nSPS) is 14.8. The van der Waals surface area contributed by atoms with Gasteiger partial charge in [0.05, 0.1) is 31.5 Å². The summed E-state index contributed by atoms with van der Waals surface area (Å²) in [5.41, 5.74) is -4.07. The Labute approximate surface area is 159 Å². The van der Waals surface area contributed by atoms with Gasteiger partial charge in [0.1, 0.15) is 5.70 Å². The number of aliphatic hydroxyl groups is 1. The average molecular weight is 455 g/mol. The molecule has 1 heterocycles. The fourth-order valence-corrected chi connectivity index (χ4v) is 3.49. The van der Waals surface area contributed by atoms with Crippen molar-refractivity contribution in [2.45, 2.75) is 10.4 Å². The van der Waals surface area contributed by atoms with Crippen molar-refractivity contribution >= 4 is 45.3 Å². The van der Waals surface area contributed by atoms with E-state index in [2.05, 4.69) is 26.0 Å². The van der Waals surface area contributed by atoms with Gasteiger partial charge in [0.15, 0.2) is 0 Å². The Morgan fingerprint density at radius 1 is 1.46 bits per heavy atom. The summed E-state index contributed by atoms with van der Waals surface area (Å²) < 4.78 is 42.3. The number of hydrogen-bond acceptors (Lipinski definition) is 6. The SMILES string of the molecule is COC(=O)C1=C(Nc2ccc(SC(F)(F)F)cc2Br)C(=O)N(CCO)C1. The smallest absolute Gasteiger partial charge is 0.446 e. The number of alkyl halides is 3. The van der Waals surface area contributed by atoms with Gasteiger partial charge in [-0.1, -0.05) is 0 Å². The molecule has 0 radical (unpaired) electrons. The van der Waals surface area contributed by atoms with Gasteiger partial charge in [0.25, 0.3) is 5.91 Å². The topological polar surface area (TPSA) is 78.9 Å². The van der Waals surface area contributed by atoms with Crippen LogP contribution in [-0.4, -0.2) is 54.2 Å². The Morgan fingerprint density at radius 2 is 2.15 bits per heavy atom. The van der Waals surface area contributed by atoms with Crippen LogP contribution >= 0.6 is 27.7 Å². The van der Waals surface area contributed by atoms with Crippen molar-refractivity contribution in [1.82, 2.24) is 4.90 Å². The van der Waals surface area contributed by atoms with Crippen molar-refractivity contribution in [3.8, 4) is 0 Å². The molecule has 142 valence electrons. The molecule has 0 spiro atoms. The molecule has 1 aliphatic rings. The van der Waals surface area contributed by atoms with Crippen LogP contribution in [0.5, 0.6) is 0 Å². The van der Waals surface area contributed by atoms with Crippen molar-refractivity contribution in [2.24, 2.45) is 0 Å². The van der Waals surface area contributed by atoms with Gasteiger partial charge >= 0.3 is 11.5 Å². The number of nitrogens with zero attached hydrogens (tertiary/aromatic N) is 1. The zero-order chi connectivity index (χ0) is 19.5. The van der Waals surface area contributed by atoms with Crippen molar-refractivity contribution in [3.05, 3.63) is 33.9 Å². The minimum Gasteiger partial charge on any atom is -0.466 e.